The van der Waals surface area contributed by atoms with Gasteiger partial charge in [0.25, 0.3) is 0 Å². The molecule has 3 aliphatic rings. The molecule has 2 aromatic heterocycles. The number of aromatic nitrogens is 4. The molecule has 0 aromatic carbocycles. The molecular formula is C19H23ClN6O2S. The Bertz CT molecular complexity index is 925. The van der Waals surface area contributed by atoms with Crippen LogP contribution in [0, 0.1) is 0 Å². The molecule has 1 atom stereocenters. The van der Waals surface area contributed by atoms with Crippen LogP contribution in [0.3, 0.4) is 0 Å². The molecule has 5 rings (SSSR count). The first-order valence-corrected chi connectivity index (χ1v) is 11.5. The zero-order chi connectivity index (χ0) is 20.0. The zero-order valence-corrected chi connectivity index (χ0v) is 17.6. The van der Waals surface area contributed by atoms with Crippen molar-refractivity contribution in [1.82, 2.24) is 24.2 Å². The molecule has 0 bridgehead atoms. The van der Waals surface area contributed by atoms with Crippen molar-refractivity contribution in [3.63, 3.8) is 0 Å². The van der Waals surface area contributed by atoms with Gasteiger partial charge in [0.2, 0.25) is 5.95 Å². The Hall–Kier alpha value is -1.68. The molecule has 2 fully saturated rings. The van der Waals surface area contributed by atoms with Crippen LogP contribution in [-0.2, 0) is 17.5 Å². The van der Waals surface area contributed by atoms with Gasteiger partial charge in [0.1, 0.15) is 16.8 Å². The van der Waals surface area contributed by atoms with E-state index >= 15 is 0 Å². The van der Waals surface area contributed by atoms with Gasteiger partial charge in [-0.1, -0.05) is 11.6 Å². The van der Waals surface area contributed by atoms with Gasteiger partial charge in [0.05, 0.1) is 40.5 Å². The zero-order valence-electron chi connectivity index (χ0n) is 16.0. The Morgan fingerprint density at radius 1 is 1.17 bits per heavy atom. The first-order chi connectivity index (χ1) is 14.1. The molecule has 154 valence electrons. The van der Waals surface area contributed by atoms with Crippen molar-refractivity contribution in [2.75, 3.05) is 24.6 Å². The van der Waals surface area contributed by atoms with Gasteiger partial charge in [-0.15, -0.1) is 0 Å². The Labute approximate surface area is 176 Å². The minimum atomic E-state index is -1.30. The van der Waals surface area contributed by atoms with Crippen LogP contribution in [-0.4, -0.2) is 58.8 Å². The lowest BCUT2D eigenvalue weighted by Gasteiger charge is -2.46. The third-order valence-corrected chi connectivity index (χ3v) is 8.22. The second-order valence-electron chi connectivity index (χ2n) is 8.02. The maximum atomic E-state index is 12.9. The topological polar surface area (TPSA) is 95.3 Å². The normalized spacial score (nSPS) is 24.3. The van der Waals surface area contributed by atoms with Crippen LogP contribution in [0.4, 0.5) is 5.95 Å². The number of aliphatic hydroxyl groups excluding tert-OH is 1. The number of aliphatic hydroxyl groups is 1. The first-order valence-electron chi connectivity index (χ1n) is 9.98. The molecule has 0 amide bonds. The SMILES string of the molecule is O=S1c2cnc(N3CCC(c4ncc(Cl)cn4)CC3)nc2CN1C1(CO)CCC1. The van der Waals surface area contributed by atoms with Gasteiger partial charge in [-0.05, 0) is 32.1 Å². The number of halogens is 1. The third kappa shape index (κ3) is 3.34. The van der Waals surface area contributed by atoms with Crippen LogP contribution in [0.15, 0.2) is 23.5 Å². The summed E-state index contributed by atoms with van der Waals surface area (Å²) in [7, 11) is -1.30. The number of nitrogens with zero attached hydrogens (tertiary/aromatic N) is 6. The second-order valence-corrected chi connectivity index (χ2v) is 9.84. The Morgan fingerprint density at radius 3 is 2.52 bits per heavy atom. The maximum absolute atomic E-state index is 12.9. The van der Waals surface area contributed by atoms with Gasteiger partial charge in [-0.2, -0.15) is 0 Å². The van der Waals surface area contributed by atoms with Gasteiger partial charge >= 0.3 is 0 Å². The fourth-order valence-corrected chi connectivity index (χ4v) is 6.03. The summed E-state index contributed by atoms with van der Waals surface area (Å²) in [4.78, 5) is 20.8. The van der Waals surface area contributed by atoms with Crippen molar-refractivity contribution in [2.24, 2.45) is 0 Å². The summed E-state index contributed by atoms with van der Waals surface area (Å²) in [6.45, 7) is 2.19. The molecule has 2 aromatic rings. The molecule has 0 spiro atoms. The average Bonchev–Trinajstić information content (AvgIpc) is 3.05. The maximum Gasteiger partial charge on any atom is 0.225 e. The van der Waals surface area contributed by atoms with E-state index in [0.717, 1.165) is 56.7 Å². The van der Waals surface area contributed by atoms with Crippen molar-refractivity contribution in [3.05, 3.63) is 35.1 Å². The lowest BCUT2D eigenvalue weighted by molar-refractivity contribution is 0.0253. The summed E-state index contributed by atoms with van der Waals surface area (Å²) < 4.78 is 14.8. The summed E-state index contributed by atoms with van der Waals surface area (Å²) in [5.41, 5.74) is 0.457. The van der Waals surface area contributed by atoms with Crippen LogP contribution < -0.4 is 4.90 Å². The van der Waals surface area contributed by atoms with E-state index in [1.165, 1.54) is 0 Å². The highest BCUT2D eigenvalue weighted by atomic mass is 35.5. The first kappa shape index (κ1) is 19.3. The summed E-state index contributed by atoms with van der Waals surface area (Å²) in [6.07, 6.45) is 9.66. The van der Waals surface area contributed by atoms with Crippen molar-refractivity contribution in [3.8, 4) is 0 Å². The predicted octanol–water partition coefficient (Wildman–Crippen LogP) is 2.06. The van der Waals surface area contributed by atoms with E-state index in [1.54, 1.807) is 18.6 Å². The van der Waals surface area contributed by atoms with Crippen molar-refractivity contribution in [2.45, 2.75) is 55.0 Å². The quantitative estimate of drug-likeness (QED) is 0.786. The number of fused-ring (bicyclic) bond motifs is 1. The van der Waals surface area contributed by atoms with Gasteiger partial charge in [0.15, 0.2) is 0 Å². The molecule has 1 unspecified atom stereocenters. The van der Waals surface area contributed by atoms with Crippen LogP contribution >= 0.6 is 11.6 Å². The average molecular weight is 435 g/mol. The monoisotopic (exact) mass is 434 g/mol. The van der Waals surface area contributed by atoms with Gasteiger partial charge in [-0.25, -0.2) is 28.5 Å². The van der Waals surface area contributed by atoms with Crippen LogP contribution in [0.2, 0.25) is 5.02 Å². The molecule has 4 heterocycles. The number of hydrogen-bond donors (Lipinski definition) is 1. The standard InChI is InChI=1S/C19H23ClN6O2S/c20-14-8-21-17(22-9-14)13-2-6-25(7-3-13)18-23-10-16-15(24-18)11-26(29(16)28)19(12-27)4-1-5-19/h8-10,13,27H,1-7,11-12H2. The van der Waals surface area contributed by atoms with E-state index in [9.17, 15) is 9.32 Å². The number of hydrogen-bond acceptors (Lipinski definition) is 7. The molecular weight excluding hydrogens is 412 g/mol. The van der Waals surface area contributed by atoms with Crippen molar-refractivity contribution < 1.29 is 9.32 Å². The largest absolute Gasteiger partial charge is 0.394 e. The number of rotatable bonds is 4. The molecule has 0 radical (unpaired) electrons. The fourth-order valence-electron chi connectivity index (χ4n) is 4.41. The Kier molecular flexibility index (Phi) is 5.01. The molecule has 8 nitrogen and oxygen atoms in total. The van der Waals surface area contributed by atoms with Crippen LogP contribution in [0.5, 0.6) is 0 Å². The molecule has 1 saturated carbocycles. The molecule has 1 saturated heterocycles. The van der Waals surface area contributed by atoms with Crippen LogP contribution in [0.1, 0.15) is 49.5 Å². The third-order valence-electron chi connectivity index (χ3n) is 6.39. The minimum absolute atomic E-state index is 0.0350. The van der Waals surface area contributed by atoms with E-state index < -0.39 is 11.0 Å². The van der Waals surface area contributed by atoms with Gasteiger partial charge in [0, 0.05) is 31.4 Å². The van der Waals surface area contributed by atoms with Gasteiger partial charge in [-0.3, -0.25) is 0 Å². The highest BCUT2D eigenvalue weighted by molar-refractivity contribution is 7.83. The molecule has 1 N–H and O–H groups in total. The Morgan fingerprint density at radius 2 is 1.90 bits per heavy atom. The summed E-state index contributed by atoms with van der Waals surface area (Å²) in [5.74, 6) is 1.83. The van der Waals surface area contributed by atoms with Crippen molar-refractivity contribution >= 4 is 28.5 Å². The summed E-state index contributed by atoms with van der Waals surface area (Å²) >= 11 is 5.88. The van der Waals surface area contributed by atoms with E-state index in [-0.39, 0.29) is 12.1 Å². The van der Waals surface area contributed by atoms with Gasteiger partial charge < -0.3 is 10.0 Å². The molecule has 1 aliphatic carbocycles. The van der Waals surface area contributed by atoms with E-state index in [2.05, 4.69) is 19.9 Å². The Balaban J connectivity index is 1.29. The minimum Gasteiger partial charge on any atom is -0.394 e. The number of piperidine rings is 1. The summed E-state index contributed by atoms with van der Waals surface area (Å²) in [6, 6.07) is 0. The summed E-state index contributed by atoms with van der Waals surface area (Å²) in [5, 5.41) is 10.4. The van der Waals surface area contributed by atoms with E-state index in [0.29, 0.717) is 28.3 Å². The smallest absolute Gasteiger partial charge is 0.225 e. The highest BCUT2D eigenvalue weighted by Crippen LogP contribution is 2.43. The lowest BCUT2D eigenvalue weighted by Crippen LogP contribution is -2.54. The highest BCUT2D eigenvalue weighted by Gasteiger charge is 2.48. The molecule has 29 heavy (non-hydrogen) atoms. The molecule has 2 aliphatic heterocycles. The fraction of sp³-hybridized carbons (Fsp3) is 0.579. The predicted molar refractivity (Wildman–Crippen MR) is 109 cm³/mol. The molecule has 10 heteroatoms. The second kappa shape index (κ2) is 7.54. The number of anilines is 1. The lowest BCUT2D eigenvalue weighted by atomic mass is 9.77. The van der Waals surface area contributed by atoms with E-state index in [4.69, 9.17) is 16.6 Å². The van der Waals surface area contributed by atoms with Crippen LogP contribution in [0.25, 0.3) is 0 Å². The van der Waals surface area contributed by atoms with E-state index in [1.807, 2.05) is 4.31 Å². The van der Waals surface area contributed by atoms with Crippen molar-refractivity contribution in [1.29, 1.82) is 0 Å².